The number of aromatic nitrogens is 1. The predicted molar refractivity (Wildman–Crippen MR) is 114 cm³/mol. The molecular formula is C23H25N3O4. The molecule has 1 aliphatic heterocycles. The van der Waals surface area contributed by atoms with Crippen LogP contribution >= 0.6 is 0 Å². The van der Waals surface area contributed by atoms with Gasteiger partial charge in [-0.1, -0.05) is 12.1 Å². The van der Waals surface area contributed by atoms with Gasteiger partial charge in [-0.05, 0) is 55.7 Å². The van der Waals surface area contributed by atoms with Crippen LogP contribution in [-0.2, 0) is 14.3 Å². The topological polar surface area (TPSA) is 88.6 Å². The van der Waals surface area contributed by atoms with Gasteiger partial charge in [0.25, 0.3) is 5.91 Å². The Morgan fingerprint density at radius 1 is 1.10 bits per heavy atom. The van der Waals surface area contributed by atoms with Crippen LogP contribution in [0.1, 0.15) is 35.7 Å². The molecule has 1 aromatic carbocycles. The average Bonchev–Trinajstić information content (AvgIpc) is 2.79. The van der Waals surface area contributed by atoms with E-state index in [2.05, 4.69) is 10.3 Å². The Morgan fingerprint density at radius 3 is 2.40 bits per heavy atom. The summed E-state index contributed by atoms with van der Waals surface area (Å²) >= 11 is 0. The number of nitrogens with one attached hydrogen (secondary N) is 1. The van der Waals surface area contributed by atoms with Crippen molar-refractivity contribution in [3.63, 3.8) is 0 Å². The second-order valence-electron chi connectivity index (χ2n) is 7.00. The lowest BCUT2D eigenvalue weighted by molar-refractivity contribution is -0.137. The summed E-state index contributed by atoms with van der Waals surface area (Å²) in [4.78, 5) is 42.2. The van der Waals surface area contributed by atoms with Gasteiger partial charge in [0.1, 0.15) is 0 Å². The van der Waals surface area contributed by atoms with Crippen molar-refractivity contribution >= 4 is 29.5 Å². The number of amides is 2. The molecule has 1 fully saturated rings. The molecule has 7 heteroatoms. The molecule has 2 heterocycles. The first-order valence-corrected chi connectivity index (χ1v) is 10.0. The van der Waals surface area contributed by atoms with E-state index in [1.165, 1.54) is 6.08 Å². The number of hydrogen-bond donors (Lipinski definition) is 1. The highest BCUT2D eigenvalue weighted by Crippen LogP contribution is 2.21. The number of carbonyl (C=O) groups excluding carboxylic acids is 3. The van der Waals surface area contributed by atoms with Crippen molar-refractivity contribution in [2.24, 2.45) is 5.92 Å². The third-order valence-corrected chi connectivity index (χ3v) is 4.96. The van der Waals surface area contributed by atoms with Gasteiger partial charge in [0, 0.05) is 48.7 Å². The summed E-state index contributed by atoms with van der Waals surface area (Å²) in [6, 6.07) is 10.6. The Labute approximate surface area is 175 Å². The molecule has 7 nitrogen and oxygen atoms in total. The monoisotopic (exact) mass is 407 g/mol. The maximum atomic E-state index is 12.6. The van der Waals surface area contributed by atoms with Crippen molar-refractivity contribution in [2.75, 3.05) is 25.0 Å². The van der Waals surface area contributed by atoms with Gasteiger partial charge in [-0.3, -0.25) is 14.6 Å². The van der Waals surface area contributed by atoms with Gasteiger partial charge in [0.15, 0.2) is 0 Å². The number of anilines is 1. The molecule has 0 saturated carbocycles. The molecule has 1 aliphatic rings. The maximum absolute atomic E-state index is 12.6. The number of carbonyl (C=O) groups is 3. The highest BCUT2D eigenvalue weighted by molar-refractivity contribution is 5.95. The average molecular weight is 407 g/mol. The first-order chi connectivity index (χ1) is 14.6. The van der Waals surface area contributed by atoms with E-state index in [9.17, 15) is 14.4 Å². The molecular weight excluding hydrogens is 382 g/mol. The summed E-state index contributed by atoms with van der Waals surface area (Å²) in [6.45, 7) is 3.20. The van der Waals surface area contributed by atoms with E-state index in [4.69, 9.17) is 4.74 Å². The smallest absolute Gasteiger partial charge is 0.330 e. The Morgan fingerprint density at radius 2 is 1.77 bits per heavy atom. The number of hydrogen-bond acceptors (Lipinski definition) is 5. The van der Waals surface area contributed by atoms with Crippen LogP contribution in [0.4, 0.5) is 5.69 Å². The fourth-order valence-electron chi connectivity index (χ4n) is 3.30. The fraction of sp³-hybridized carbons (Fsp3) is 0.304. The molecule has 0 spiro atoms. The third kappa shape index (κ3) is 5.76. The van der Waals surface area contributed by atoms with E-state index in [0.717, 1.165) is 5.56 Å². The van der Waals surface area contributed by atoms with Crippen molar-refractivity contribution in [1.29, 1.82) is 0 Å². The van der Waals surface area contributed by atoms with Gasteiger partial charge < -0.3 is 15.0 Å². The number of likely N-dealkylation sites (tertiary alicyclic amines) is 1. The largest absolute Gasteiger partial charge is 0.463 e. The third-order valence-electron chi connectivity index (χ3n) is 4.96. The Bertz CT molecular complexity index is 902. The van der Waals surface area contributed by atoms with Gasteiger partial charge in [-0.2, -0.15) is 0 Å². The van der Waals surface area contributed by atoms with E-state index >= 15 is 0 Å². The fourth-order valence-corrected chi connectivity index (χ4v) is 3.30. The molecule has 1 N–H and O–H groups in total. The van der Waals surface area contributed by atoms with Crippen LogP contribution in [-0.4, -0.2) is 47.4 Å². The summed E-state index contributed by atoms with van der Waals surface area (Å²) in [5.41, 5.74) is 2.15. The lowest BCUT2D eigenvalue weighted by atomic mass is 9.95. The van der Waals surface area contributed by atoms with E-state index in [0.29, 0.717) is 43.8 Å². The maximum Gasteiger partial charge on any atom is 0.330 e. The van der Waals surface area contributed by atoms with Crippen molar-refractivity contribution in [2.45, 2.75) is 19.8 Å². The van der Waals surface area contributed by atoms with Crippen LogP contribution in [0.15, 0.2) is 54.9 Å². The van der Waals surface area contributed by atoms with Gasteiger partial charge in [0.05, 0.1) is 6.61 Å². The standard InChI is InChI=1S/C23H25N3O4/c1-2-30-21(27)8-5-17-3-6-20(7-4-17)25-22(28)18-11-15-26(16-12-18)23(29)19-9-13-24-14-10-19/h3-10,13-14,18H,2,11-12,15-16H2,1H3,(H,25,28)/b8-5+. The Kier molecular flexibility index (Phi) is 7.32. The molecule has 2 amide bonds. The number of ether oxygens (including phenoxy) is 1. The molecule has 1 saturated heterocycles. The van der Waals surface area contributed by atoms with Crippen molar-refractivity contribution in [1.82, 2.24) is 9.88 Å². The normalized spacial score (nSPS) is 14.5. The minimum atomic E-state index is -0.386. The zero-order valence-corrected chi connectivity index (χ0v) is 16.9. The number of rotatable bonds is 6. The van der Waals surface area contributed by atoms with E-state index < -0.39 is 0 Å². The summed E-state index contributed by atoms with van der Waals surface area (Å²) in [5.74, 6) is -0.581. The van der Waals surface area contributed by atoms with E-state index in [1.807, 2.05) is 12.1 Å². The Hall–Kier alpha value is -3.48. The molecule has 0 unspecified atom stereocenters. The Balaban J connectivity index is 1.49. The summed E-state index contributed by atoms with van der Waals surface area (Å²) in [5, 5.41) is 2.93. The minimum Gasteiger partial charge on any atom is -0.463 e. The highest BCUT2D eigenvalue weighted by Gasteiger charge is 2.27. The van der Waals surface area contributed by atoms with Crippen LogP contribution in [0.2, 0.25) is 0 Å². The first-order valence-electron chi connectivity index (χ1n) is 10.0. The van der Waals surface area contributed by atoms with Gasteiger partial charge in [-0.15, -0.1) is 0 Å². The molecule has 30 heavy (non-hydrogen) atoms. The van der Waals surface area contributed by atoms with Crippen LogP contribution in [0.3, 0.4) is 0 Å². The summed E-state index contributed by atoms with van der Waals surface area (Å²) < 4.78 is 4.84. The van der Waals surface area contributed by atoms with Crippen LogP contribution in [0, 0.1) is 5.92 Å². The number of piperidine rings is 1. The molecule has 0 bridgehead atoms. The van der Waals surface area contributed by atoms with Gasteiger partial charge >= 0.3 is 5.97 Å². The molecule has 3 rings (SSSR count). The van der Waals surface area contributed by atoms with Crippen molar-refractivity contribution in [3.8, 4) is 0 Å². The number of nitrogens with zero attached hydrogens (tertiary/aromatic N) is 2. The SMILES string of the molecule is CCOC(=O)/C=C/c1ccc(NC(=O)C2CCN(C(=O)c3ccncc3)CC2)cc1. The van der Waals surface area contributed by atoms with Crippen LogP contribution in [0.5, 0.6) is 0 Å². The molecule has 0 atom stereocenters. The minimum absolute atomic E-state index is 0.0253. The first kappa shape index (κ1) is 21.2. The van der Waals surface area contributed by atoms with Gasteiger partial charge in [-0.25, -0.2) is 4.79 Å². The van der Waals surface area contributed by atoms with Crippen molar-refractivity contribution < 1.29 is 19.1 Å². The highest BCUT2D eigenvalue weighted by atomic mass is 16.5. The number of pyridine rings is 1. The molecule has 156 valence electrons. The molecule has 2 aromatic rings. The van der Waals surface area contributed by atoms with Crippen LogP contribution in [0.25, 0.3) is 6.08 Å². The quantitative estimate of drug-likeness (QED) is 0.587. The van der Waals surface area contributed by atoms with Crippen LogP contribution < -0.4 is 5.32 Å². The van der Waals surface area contributed by atoms with Crippen molar-refractivity contribution in [3.05, 3.63) is 66.0 Å². The summed E-state index contributed by atoms with van der Waals surface area (Å²) in [6.07, 6.45) is 7.50. The second-order valence-corrected chi connectivity index (χ2v) is 7.00. The molecule has 1 aromatic heterocycles. The van der Waals surface area contributed by atoms with Gasteiger partial charge in [0.2, 0.25) is 5.91 Å². The predicted octanol–water partition coefficient (Wildman–Crippen LogP) is 3.15. The number of benzene rings is 1. The van der Waals surface area contributed by atoms with E-state index in [1.54, 1.807) is 54.6 Å². The lowest BCUT2D eigenvalue weighted by Crippen LogP contribution is -2.41. The second kappa shape index (κ2) is 10.3. The lowest BCUT2D eigenvalue weighted by Gasteiger charge is -2.31. The summed E-state index contributed by atoms with van der Waals surface area (Å²) in [7, 11) is 0. The zero-order chi connectivity index (χ0) is 21.3. The number of esters is 1. The zero-order valence-electron chi connectivity index (χ0n) is 16.9. The molecule has 0 aliphatic carbocycles. The van der Waals surface area contributed by atoms with E-state index in [-0.39, 0.29) is 23.7 Å². The molecule has 0 radical (unpaired) electrons.